The van der Waals surface area contributed by atoms with E-state index >= 15 is 0 Å². The molecule has 0 aliphatic heterocycles. The molecule has 0 aromatic rings. The van der Waals surface area contributed by atoms with E-state index in [0.29, 0.717) is 17.4 Å². The SMILES string of the molecule is CCCC/C=C/CC/C=C/CC/C=C/C(O)C(COP(=O)(O)OCC[N+](C)(C)C)NC(=O)CCCCCCCCCCCCCCCCCCCCCCCCCCC/C=C\CCCCCCCCCC. The van der Waals surface area contributed by atoms with E-state index in [1.54, 1.807) is 6.08 Å². The molecule has 0 saturated carbocycles. The fourth-order valence-electron chi connectivity index (χ4n) is 8.94. The summed E-state index contributed by atoms with van der Waals surface area (Å²) in [4.78, 5) is 23.2. The molecular weight excluding hydrogens is 900 g/mol. The van der Waals surface area contributed by atoms with Gasteiger partial charge in [-0.3, -0.25) is 13.8 Å². The van der Waals surface area contributed by atoms with Gasteiger partial charge in [-0.05, 0) is 64.2 Å². The number of aliphatic hydroxyl groups is 1. The van der Waals surface area contributed by atoms with Crippen molar-refractivity contribution >= 4 is 13.7 Å². The van der Waals surface area contributed by atoms with Crippen LogP contribution < -0.4 is 5.32 Å². The van der Waals surface area contributed by atoms with E-state index < -0.39 is 20.0 Å². The van der Waals surface area contributed by atoms with Crippen LogP contribution in [0.3, 0.4) is 0 Å². The van der Waals surface area contributed by atoms with Crippen LogP contribution in [0, 0.1) is 0 Å². The number of aliphatic hydroxyl groups excluding tert-OH is 1. The maximum atomic E-state index is 12.9. The summed E-state index contributed by atoms with van der Waals surface area (Å²) >= 11 is 0. The Bertz CT molecular complexity index is 1290. The minimum absolute atomic E-state index is 0.0540. The van der Waals surface area contributed by atoms with Gasteiger partial charge < -0.3 is 19.8 Å². The second kappa shape index (κ2) is 53.3. The summed E-state index contributed by atoms with van der Waals surface area (Å²) in [6, 6.07) is -0.868. The van der Waals surface area contributed by atoms with E-state index in [0.717, 1.165) is 51.4 Å². The van der Waals surface area contributed by atoms with Gasteiger partial charge in [-0.25, -0.2) is 4.57 Å². The number of unbranched alkanes of at least 4 members (excludes halogenated alkanes) is 37. The number of rotatable bonds is 56. The first-order valence-electron chi connectivity index (χ1n) is 30.5. The minimum atomic E-state index is -4.35. The number of nitrogens with zero attached hydrogens (tertiary/aromatic N) is 1. The number of nitrogens with one attached hydrogen (secondary N) is 1. The molecule has 0 aliphatic rings. The summed E-state index contributed by atoms with van der Waals surface area (Å²) in [5.74, 6) is -0.188. The third-order valence-corrected chi connectivity index (χ3v) is 14.7. The van der Waals surface area contributed by atoms with Crippen molar-refractivity contribution in [1.82, 2.24) is 5.32 Å². The zero-order valence-electron chi connectivity index (χ0n) is 47.7. The van der Waals surface area contributed by atoms with Crippen LogP contribution in [0.5, 0.6) is 0 Å². The Morgan fingerprint density at radius 1 is 0.465 bits per heavy atom. The predicted octanol–water partition coefficient (Wildman–Crippen LogP) is 18.7. The molecule has 0 saturated heterocycles. The predicted molar refractivity (Wildman–Crippen MR) is 309 cm³/mol. The molecule has 0 aromatic carbocycles. The molecular formula is C62H120N2O6P+. The summed E-state index contributed by atoms with van der Waals surface area (Å²) in [6.07, 6.45) is 71.2. The number of quaternary nitrogens is 1. The van der Waals surface area contributed by atoms with Crippen molar-refractivity contribution in [3.63, 3.8) is 0 Å². The Hall–Kier alpha value is -1.54. The molecule has 3 atom stereocenters. The number of allylic oxidation sites excluding steroid dienone is 7. The minimum Gasteiger partial charge on any atom is -0.387 e. The first-order valence-corrected chi connectivity index (χ1v) is 32.0. The average Bonchev–Trinajstić information content (AvgIpc) is 3.33. The van der Waals surface area contributed by atoms with Crippen molar-refractivity contribution in [2.75, 3.05) is 40.9 Å². The van der Waals surface area contributed by atoms with Gasteiger partial charge >= 0.3 is 7.82 Å². The van der Waals surface area contributed by atoms with Crippen molar-refractivity contribution in [1.29, 1.82) is 0 Å². The van der Waals surface area contributed by atoms with Crippen molar-refractivity contribution in [2.45, 2.75) is 302 Å². The first kappa shape index (κ1) is 69.5. The Morgan fingerprint density at radius 3 is 1.17 bits per heavy atom. The molecule has 0 heterocycles. The highest BCUT2D eigenvalue weighted by Gasteiger charge is 2.27. The second-order valence-electron chi connectivity index (χ2n) is 22.1. The topological polar surface area (TPSA) is 105 Å². The molecule has 3 unspecified atom stereocenters. The normalized spacial score (nSPS) is 14.2. The van der Waals surface area contributed by atoms with E-state index in [-0.39, 0.29) is 19.1 Å². The molecule has 418 valence electrons. The highest BCUT2D eigenvalue weighted by atomic mass is 31.2. The number of carbonyl (C=O) groups excluding carboxylic acids is 1. The lowest BCUT2D eigenvalue weighted by Crippen LogP contribution is -2.45. The lowest BCUT2D eigenvalue weighted by atomic mass is 10.0. The summed E-state index contributed by atoms with van der Waals surface area (Å²) < 4.78 is 23.6. The summed E-state index contributed by atoms with van der Waals surface area (Å²) in [5.41, 5.74) is 0. The lowest BCUT2D eigenvalue weighted by Gasteiger charge is -2.25. The average molecular weight is 1020 g/mol. The van der Waals surface area contributed by atoms with Crippen LogP contribution in [0.15, 0.2) is 48.6 Å². The van der Waals surface area contributed by atoms with Crippen molar-refractivity contribution in [3.8, 4) is 0 Å². The number of hydrogen-bond acceptors (Lipinski definition) is 5. The highest BCUT2D eigenvalue weighted by molar-refractivity contribution is 7.47. The maximum absolute atomic E-state index is 12.9. The van der Waals surface area contributed by atoms with Gasteiger partial charge in [0, 0.05) is 6.42 Å². The largest absolute Gasteiger partial charge is 0.472 e. The first-order chi connectivity index (χ1) is 34.5. The Balaban J connectivity index is 3.89. The molecule has 0 bridgehead atoms. The number of likely N-dealkylation sites (N-methyl/N-ethyl adjacent to an activating group) is 1. The number of phosphoric ester groups is 1. The molecule has 8 nitrogen and oxygen atoms in total. The number of carbonyl (C=O) groups is 1. The third-order valence-electron chi connectivity index (χ3n) is 13.7. The fourth-order valence-corrected chi connectivity index (χ4v) is 9.68. The lowest BCUT2D eigenvalue weighted by molar-refractivity contribution is -0.870. The van der Waals surface area contributed by atoms with Crippen molar-refractivity contribution < 1.29 is 32.9 Å². The standard InChI is InChI=1S/C62H119N2O6P/c1-6-8-10-12-14-16-18-20-21-22-23-24-25-26-27-28-29-30-31-32-33-34-35-36-37-38-39-40-41-42-43-44-46-48-50-52-54-56-62(66)63-60(59-70-71(67,68)69-58-57-64(3,4)5)61(65)55-53-51-49-47-45-19-17-15-13-11-9-7-2/h13,15,22-23,45,47,53,55,60-61,65H,6-12,14,16-21,24-44,46,48-52,54,56-59H2,1-5H3,(H-,63,66,67,68)/p+1/b15-13+,23-22-,47-45+,55-53+. The van der Waals surface area contributed by atoms with Gasteiger partial charge in [0.2, 0.25) is 5.91 Å². The van der Waals surface area contributed by atoms with Crippen molar-refractivity contribution in [3.05, 3.63) is 48.6 Å². The molecule has 0 aliphatic carbocycles. The Morgan fingerprint density at radius 2 is 0.789 bits per heavy atom. The summed E-state index contributed by atoms with van der Waals surface area (Å²) in [5, 5.41) is 13.8. The van der Waals surface area contributed by atoms with Crippen LogP contribution in [0.25, 0.3) is 0 Å². The van der Waals surface area contributed by atoms with E-state index in [1.807, 2.05) is 27.2 Å². The molecule has 0 aromatic heterocycles. The molecule has 3 N–H and O–H groups in total. The molecule has 1 amide bonds. The van der Waals surface area contributed by atoms with Crippen LogP contribution in [-0.2, 0) is 18.4 Å². The van der Waals surface area contributed by atoms with Crippen LogP contribution in [-0.4, -0.2) is 73.4 Å². The van der Waals surface area contributed by atoms with E-state index in [2.05, 4.69) is 55.6 Å². The number of phosphoric acid groups is 1. The molecule has 0 radical (unpaired) electrons. The Labute approximate surface area is 441 Å². The smallest absolute Gasteiger partial charge is 0.387 e. The fraction of sp³-hybridized carbons (Fsp3) is 0.855. The Kier molecular flexibility index (Phi) is 52.1. The quantitative estimate of drug-likeness (QED) is 0.0243. The molecule has 9 heteroatoms. The van der Waals surface area contributed by atoms with E-state index in [9.17, 15) is 19.4 Å². The van der Waals surface area contributed by atoms with Crippen LogP contribution in [0.2, 0.25) is 0 Å². The zero-order valence-corrected chi connectivity index (χ0v) is 48.6. The van der Waals surface area contributed by atoms with Gasteiger partial charge in [-0.15, -0.1) is 0 Å². The number of amides is 1. The van der Waals surface area contributed by atoms with Crippen LogP contribution in [0.1, 0.15) is 290 Å². The van der Waals surface area contributed by atoms with Gasteiger partial charge in [-0.2, -0.15) is 0 Å². The summed E-state index contributed by atoms with van der Waals surface area (Å²) in [6.45, 7) is 4.75. The van der Waals surface area contributed by atoms with Crippen LogP contribution >= 0.6 is 7.82 Å². The maximum Gasteiger partial charge on any atom is 0.472 e. The van der Waals surface area contributed by atoms with Gasteiger partial charge in [0.05, 0.1) is 39.9 Å². The van der Waals surface area contributed by atoms with Gasteiger partial charge in [0.1, 0.15) is 13.2 Å². The second-order valence-corrected chi connectivity index (χ2v) is 23.5. The van der Waals surface area contributed by atoms with Gasteiger partial charge in [0.25, 0.3) is 0 Å². The molecule has 0 spiro atoms. The number of hydrogen-bond donors (Lipinski definition) is 3. The van der Waals surface area contributed by atoms with Crippen LogP contribution in [0.4, 0.5) is 0 Å². The van der Waals surface area contributed by atoms with E-state index in [1.165, 1.54) is 218 Å². The van der Waals surface area contributed by atoms with Gasteiger partial charge in [0.15, 0.2) is 0 Å². The summed E-state index contributed by atoms with van der Waals surface area (Å²) in [7, 11) is 1.55. The molecule has 0 rings (SSSR count). The molecule has 0 fully saturated rings. The molecule has 71 heavy (non-hydrogen) atoms. The highest BCUT2D eigenvalue weighted by Crippen LogP contribution is 2.43. The van der Waals surface area contributed by atoms with E-state index in [4.69, 9.17) is 9.05 Å². The monoisotopic (exact) mass is 1020 g/mol. The third kappa shape index (κ3) is 56.0. The van der Waals surface area contributed by atoms with Gasteiger partial charge in [-0.1, -0.05) is 268 Å². The van der Waals surface area contributed by atoms with Crippen molar-refractivity contribution in [2.24, 2.45) is 0 Å². The zero-order chi connectivity index (χ0) is 52.0.